The van der Waals surface area contributed by atoms with Crippen molar-refractivity contribution in [2.24, 2.45) is 10.4 Å². The van der Waals surface area contributed by atoms with E-state index in [1.54, 1.807) is 24.6 Å². The van der Waals surface area contributed by atoms with Crippen LogP contribution < -0.4 is 15.4 Å². The molecule has 1 heterocycles. The Morgan fingerprint density at radius 1 is 1.32 bits per heavy atom. The molecule has 0 aliphatic rings. The van der Waals surface area contributed by atoms with E-state index in [0.717, 1.165) is 12.8 Å². The van der Waals surface area contributed by atoms with Crippen molar-refractivity contribution in [1.82, 2.24) is 15.4 Å². The first kappa shape index (κ1) is 24.6. The molecule has 0 bridgehead atoms. The molecule has 6 nitrogen and oxygen atoms in total. The molecule has 1 aromatic heterocycles. The minimum Gasteiger partial charge on any atom is -0.355 e. The van der Waals surface area contributed by atoms with E-state index < -0.39 is 10.0 Å². The number of aliphatic imine (C=N–C) groups is 1. The third-order valence-corrected chi connectivity index (χ3v) is 6.26. The highest BCUT2D eigenvalue weighted by molar-refractivity contribution is 14.0. The molecule has 1 atom stereocenters. The number of thiophene rings is 1. The zero-order valence-corrected chi connectivity index (χ0v) is 19.6. The molecule has 9 heteroatoms. The lowest BCUT2D eigenvalue weighted by molar-refractivity contribution is 0.346. The smallest absolute Gasteiger partial charge is 0.250 e. The molecule has 0 saturated heterocycles. The highest BCUT2D eigenvalue weighted by Gasteiger charge is 2.15. The van der Waals surface area contributed by atoms with E-state index >= 15 is 0 Å². The molecule has 3 N–H and O–H groups in total. The molecule has 1 rings (SSSR count). The van der Waals surface area contributed by atoms with Crippen LogP contribution in [0.3, 0.4) is 0 Å². The summed E-state index contributed by atoms with van der Waals surface area (Å²) in [7, 11) is -1.69. The van der Waals surface area contributed by atoms with Gasteiger partial charge in [0.15, 0.2) is 5.96 Å². The Morgan fingerprint density at radius 3 is 2.52 bits per heavy atom. The molecule has 0 fully saturated rings. The van der Waals surface area contributed by atoms with Gasteiger partial charge in [0, 0.05) is 26.2 Å². The Bertz CT molecular complexity index is 611. The van der Waals surface area contributed by atoms with Crippen LogP contribution >= 0.6 is 35.3 Å². The van der Waals surface area contributed by atoms with E-state index in [0.29, 0.717) is 34.7 Å². The van der Waals surface area contributed by atoms with Gasteiger partial charge >= 0.3 is 0 Å². The Kier molecular flexibility index (Phi) is 11.2. The largest absolute Gasteiger partial charge is 0.355 e. The minimum atomic E-state index is -3.40. The van der Waals surface area contributed by atoms with Gasteiger partial charge in [-0.3, -0.25) is 4.99 Å². The van der Waals surface area contributed by atoms with Crippen molar-refractivity contribution < 1.29 is 8.42 Å². The number of nitrogens with zero attached hydrogens (tertiary/aromatic N) is 1. The third kappa shape index (κ3) is 10.4. The standard InChI is InChI=1S/C16H30N4O2S2.HI/c1-13(8-9-16(2,3)4)20-15(17-5)18-10-11-19-24(21,22)14-7-6-12-23-14;/h6-7,12-13,19H,8-11H2,1-5H3,(H2,17,18,20);1H. The fourth-order valence-electron chi connectivity index (χ4n) is 2.00. The molecule has 1 aromatic rings. The average Bonchev–Trinajstić information content (AvgIpc) is 3.02. The van der Waals surface area contributed by atoms with Gasteiger partial charge < -0.3 is 10.6 Å². The summed E-state index contributed by atoms with van der Waals surface area (Å²) in [5.41, 5.74) is 0.312. The zero-order chi connectivity index (χ0) is 18.2. The quantitative estimate of drug-likeness (QED) is 0.221. The molecule has 0 radical (unpaired) electrons. The maximum Gasteiger partial charge on any atom is 0.250 e. The van der Waals surface area contributed by atoms with Crippen molar-refractivity contribution in [3.05, 3.63) is 17.5 Å². The highest BCUT2D eigenvalue weighted by Crippen LogP contribution is 2.21. The SMILES string of the molecule is CN=C(NCCNS(=O)(=O)c1cccs1)NC(C)CCC(C)(C)C.I. The van der Waals surface area contributed by atoms with Crippen molar-refractivity contribution in [3.8, 4) is 0 Å². The average molecular weight is 502 g/mol. The van der Waals surface area contributed by atoms with Crippen molar-refractivity contribution in [2.45, 2.75) is 50.8 Å². The third-order valence-electron chi connectivity index (χ3n) is 3.40. The van der Waals surface area contributed by atoms with E-state index in [1.807, 2.05) is 0 Å². The maximum atomic E-state index is 12.0. The molecule has 146 valence electrons. The molecule has 0 aliphatic carbocycles. The first-order chi connectivity index (χ1) is 11.1. The summed E-state index contributed by atoms with van der Waals surface area (Å²) in [6.07, 6.45) is 2.17. The predicted octanol–water partition coefficient (Wildman–Crippen LogP) is 3.02. The summed E-state index contributed by atoms with van der Waals surface area (Å²) in [5.74, 6) is 0.687. The molecule has 0 saturated carbocycles. The summed E-state index contributed by atoms with van der Waals surface area (Å²) >= 11 is 1.21. The predicted molar refractivity (Wildman–Crippen MR) is 118 cm³/mol. The van der Waals surface area contributed by atoms with Gasteiger partial charge in [-0.25, -0.2) is 13.1 Å². The van der Waals surface area contributed by atoms with Crippen LogP contribution in [0.2, 0.25) is 0 Å². The van der Waals surface area contributed by atoms with Crippen LogP contribution in [0.25, 0.3) is 0 Å². The Labute approximate surface area is 173 Å². The molecular weight excluding hydrogens is 471 g/mol. The summed E-state index contributed by atoms with van der Waals surface area (Å²) in [6.45, 7) is 9.58. The second kappa shape index (κ2) is 11.3. The van der Waals surface area contributed by atoms with Crippen molar-refractivity contribution >= 4 is 51.3 Å². The molecular formula is C16H31IN4O2S2. The van der Waals surface area contributed by atoms with Crippen molar-refractivity contribution in [3.63, 3.8) is 0 Å². The van der Waals surface area contributed by atoms with Crippen molar-refractivity contribution in [2.75, 3.05) is 20.1 Å². The monoisotopic (exact) mass is 502 g/mol. The van der Waals surface area contributed by atoms with E-state index in [-0.39, 0.29) is 24.0 Å². The number of hydrogen-bond acceptors (Lipinski definition) is 4. The van der Waals surface area contributed by atoms with Crippen molar-refractivity contribution in [1.29, 1.82) is 0 Å². The van der Waals surface area contributed by atoms with Gasteiger partial charge in [-0.15, -0.1) is 35.3 Å². The summed E-state index contributed by atoms with van der Waals surface area (Å²) in [6, 6.07) is 3.62. The Hall–Kier alpha value is -0.390. The fourth-order valence-corrected chi connectivity index (χ4v) is 4.07. The van der Waals surface area contributed by atoms with E-state index in [2.05, 4.69) is 48.0 Å². The lowest BCUT2D eigenvalue weighted by Crippen LogP contribution is -2.45. The number of nitrogens with one attached hydrogen (secondary N) is 3. The summed E-state index contributed by atoms with van der Waals surface area (Å²) < 4.78 is 26.9. The number of rotatable bonds is 8. The molecule has 0 aromatic carbocycles. The first-order valence-corrected chi connectivity index (χ1v) is 10.5. The van der Waals surface area contributed by atoms with Crippen LogP contribution in [0, 0.1) is 5.41 Å². The van der Waals surface area contributed by atoms with Gasteiger partial charge in [0.2, 0.25) is 10.0 Å². The molecule has 0 spiro atoms. The Balaban J connectivity index is 0.00000576. The van der Waals surface area contributed by atoms with E-state index in [1.165, 1.54) is 11.3 Å². The topological polar surface area (TPSA) is 82.6 Å². The van der Waals surface area contributed by atoms with Gasteiger partial charge in [0.1, 0.15) is 4.21 Å². The van der Waals surface area contributed by atoms with Crippen LogP contribution in [-0.4, -0.2) is 40.6 Å². The van der Waals surface area contributed by atoms with E-state index in [4.69, 9.17) is 0 Å². The molecule has 0 aliphatic heterocycles. The minimum absolute atomic E-state index is 0. The first-order valence-electron chi connectivity index (χ1n) is 8.14. The summed E-state index contributed by atoms with van der Waals surface area (Å²) in [4.78, 5) is 4.18. The van der Waals surface area contributed by atoms with Gasteiger partial charge in [-0.1, -0.05) is 26.8 Å². The van der Waals surface area contributed by atoms with Crippen LogP contribution in [0.15, 0.2) is 26.7 Å². The van der Waals surface area contributed by atoms with Gasteiger partial charge in [-0.2, -0.15) is 0 Å². The van der Waals surface area contributed by atoms with Crippen LogP contribution in [0.1, 0.15) is 40.5 Å². The van der Waals surface area contributed by atoms with Gasteiger partial charge in [0.05, 0.1) is 0 Å². The van der Waals surface area contributed by atoms with Crippen LogP contribution in [0.4, 0.5) is 0 Å². The molecule has 0 amide bonds. The van der Waals surface area contributed by atoms with E-state index in [9.17, 15) is 8.42 Å². The van der Waals surface area contributed by atoms with Gasteiger partial charge in [0.25, 0.3) is 0 Å². The summed E-state index contributed by atoms with van der Waals surface area (Å²) in [5, 5.41) is 8.21. The number of halogens is 1. The Morgan fingerprint density at radius 2 is 2.00 bits per heavy atom. The second-order valence-corrected chi connectivity index (χ2v) is 9.92. The van der Waals surface area contributed by atoms with Crippen LogP contribution in [-0.2, 0) is 10.0 Å². The lowest BCUT2D eigenvalue weighted by atomic mass is 9.89. The van der Waals surface area contributed by atoms with Gasteiger partial charge in [-0.05, 0) is 36.6 Å². The molecule has 1 unspecified atom stereocenters. The number of sulfonamides is 1. The molecule has 25 heavy (non-hydrogen) atoms. The zero-order valence-electron chi connectivity index (χ0n) is 15.6. The fraction of sp³-hybridized carbons (Fsp3) is 0.688. The number of guanidine groups is 1. The van der Waals surface area contributed by atoms with Crippen LogP contribution in [0.5, 0.6) is 0 Å². The highest BCUT2D eigenvalue weighted by atomic mass is 127. The lowest BCUT2D eigenvalue weighted by Gasteiger charge is -2.23. The number of hydrogen-bond donors (Lipinski definition) is 3. The maximum absolute atomic E-state index is 12.0. The normalized spacial score (nSPS) is 13.9. The second-order valence-electron chi connectivity index (χ2n) is 6.97.